The van der Waals surface area contributed by atoms with Crippen LogP contribution in [-0.4, -0.2) is 21.0 Å². The molecule has 1 aromatic heterocycles. The zero-order chi connectivity index (χ0) is 11.4. The Kier molecular flexibility index (Phi) is 3.59. The molecule has 2 rings (SSSR count). The first-order valence-corrected chi connectivity index (χ1v) is 5.98. The van der Waals surface area contributed by atoms with Crippen LogP contribution in [0.5, 0.6) is 0 Å². The predicted octanol–water partition coefficient (Wildman–Crippen LogP) is 2.51. The first-order valence-electron chi connectivity index (χ1n) is 5.98. The maximum Gasteiger partial charge on any atom is 0.217 e. The highest BCUT2D eigenvalue weighted by Gasteiger charge is 2.17. The fraction of sp³-hybridized carbons (Fsp3) is 0.667. The van der Waals surface area contributed by atoms with Crippen molar-refractivity contribution in [3.63, 3.8) is 0 Å². The molecule has 0 amide bonds. The summed E-state index contributed by atoms with van der Waals surface area (Å²) in [7, 11) is 0. The van der Waals surface area contributed by atoms with Crippen LogP contribution in [0.2, 0.25) is 0 Å². The summed E-state index contributed by atoms with van der Waals surface area (Å²) in [6.07, 6.45) is 9.17. The molecule has 16 heavy (non-hydrogen) atoms. The van der Waals surface area contributed by atoms with Crippen LogP contribution in [0.15, 0.2) is 6.20 Å². The van der Waals surface area contributed by atoms with Gasteiger partial charge in [-0.3, -0.25) is 4.79 Å². The van der Waals surface area contributed by atoms with Gasteiger partial charge in [0, 0.05) is 12.8 Å². The molecule has 1 aromatic rings. The van der Waals surface area contributed by atoms with Crippen molar-refractivity contribution in [1.29, 1.82) is 0 Å². The second-order valence-electron chi connectivity index (χ2n) is 4.45. The van der Waals surface area contributed by atoms with E-state index in [0.717, 1.165) is 18.5 Å². The predicted molar refractivity (Wildman–Crippen MR) is 60.3 cm³/mol. The lowest BCUT2D eigenvalue weighted by atomic mass is 9.97. The number of Topliss-reactive ketones (excluding diaryl/α,β-unsaturated/α-hetero) is 1. The first kappa shape index (κ1) is 11.2. The van der Waals surface area contributed by atoms with Crippen LogP contribution in [0.3, 0.4) is 0 Å². The number of hydrogen-bond acceptors (Lipinski definition) is 4. The second kappa shape index (κ2) is 5.14. The minimum absolute atomic E-state index is 0.108. The minimum atomic E-state index is -0.108. The van der Waals surface area contributed by atoms with Gasteiger partial charge in [-0.2, -0.15) is 5.10 Å². The summed E-state index contributed by atoms with van der Waals surface area (Å²) in [4.78, 5) is 15.5. The van der Waals surface area contributed by atoms with Crippen molar-refractivity contribution < 1.29 is 4.79 Å². The Hall–Kier alpha value is -1.32. The first-order chi connectivity index (χ1) is 7.77. The number of ketones is 1. The van der Waals surface area contributed by atoms with Crippen molar-refractivity contribution in [3.8, 4) is 0 Å². The summed E-state index contributed by atoms with van der Waals surface area (Å²) in [6.45, 7) is 1.48. The van der Waals surface area contributed by atoms with E-state index in [1.165, 1.54) is 32.6 Å². The van der Waals surface area contributed by atoms with Gasteiger partial charge in [-0.25, -0.2) is 4.98 Å². The summed E-state index contributed by atoms with van der Waals surface area (Å²) in [6, 6.07) is 0. The van der Waals surface area contributed by atoms with Gasteiger partial charge in [0.1, 0.15) is 0 Å². The zero-order valence-electron chi connectivity index (χ0n) is 9.65. The fourth-order valence-corrected chi connectivity index (χ4v) is 2.24. The maximum absolute atomic E-state index is 11.2. The lowest BCUT2D eigenvalue weighted by Gasteiger charge is -2.12. The van der Waals surface area contributed by atoms with Crippen molar-refractivity contribution in [2.45, 2.75) is 51.4 Å². The summed E-state index contributed by atoms with van der Waals surface area (Å²) in [5.74, 6) is 0.612. The third-order valence-corrected chi connectivity index (χ3v) is 3.17. The normalized spacial score (nSPS) is 18.1. The van der Waals surface area contributed by atoms with E-state index in [9.17, 15) is 4.79 Å². The average molecular weight is 219 g/mol. The van der Waals surface area contributed by atoms with Gasteiger partial charge < -0.3 is 0 Å². The standard InChI is InChI=1S/C12H17N3O/c1-9(16)12-14-11(8-13-15-12)10-6-4-2-3-5-7-10/h8,10H,2-7H2,1H3. The van der Waals surface area contributed by atoms with E-state index in [2.05, 4.69) is 15.2 Å². The molecule has 1 aliphatic rings. The van der Waals surface area contributed by atoms with Crippen LogP contribution in [0.1, 0.15) is 67.7 Å². The van der Waals surface area contributed by atoms with Gasteiger partial charge in [0.25, 0.3) is 0 Å². The van der Waals surface area contributed by atoms with E-state index in [1.807, 2.05) is 0 Å². The molecule has 1 heterocycles. The molecule has 1 saturated carbocycles. The molecular weight excluding hydrogens is 202 g/mol. The molecule has 86 valence electrons. The molecule has 0 aromatic carbocycles. The van der Waals surface area contributed by atoms with Gasteiger partial charge in [0.2, 0.25) is 5.82 Å². The smallest absolute Gasteiger partial charge is 0.217 e. The van der Waals surface area contributed by atoms with E-state index in [1.54, 1.807) is 6.20 Å². The minimum Gasteiger partial charge on any atom is -0.291 e. The summed E-state index contributed by atoms with van der Waals surface area (Å²) >= 11 is 0. The van der Waals surface area contributed by atoms with Crippen LogP contribution in [-0.2, 0) is 0 Å². The highest BCUT2D eigenvalue weighted by atomic mass is 16.1. The van der Waals surface area contributed by atoms with Gasteiger partial charge >= 0.3 is 0 Å². The number of rotatable bonds is 2. The quantitative estimate of drug-likeness (QED) is 0.566. The van der Waals surface area contributed by atoms with Gasteiger partial charge in [-0.15, -0.1) is 5.10 Å². The Morgan fingerprint density at radius 2 is 1.94 bits per heavy atom. The Balaban J connectivity index is 2.18. The average Bonchev–Trinajstić information content (AvgIpc) is 2.57. The van der Waals surface area contributed by atoms with E-state index < -0.39 is 0 Å². The molecule has 4 nitrogen and oxygen atoms in total. The molecule has 0 spiro atoms. The third-order valence-electron chi connectivity index (χ3n) is 3.17. The number of aromatic nitrogens is 3. The van der Waals surface area contributed by atoms with E-state index in [4.69, 9.17) is 0 Å². The lowest BCUT2D eigenvalue weighted by molar-refractivity contribution is 0.100. The largest absolute Gasteiger partial charge is 0.291 e. The van der Waals surface area contributed by atoms with Crippen LogP contribution in [0, 0.1) is 0 Å². The number of nitrogens with zero attached hydrogens (tertiary/aromatic N) is 3. The molecule has 0 N–H and O–H groups in total. The van der Waals surface area contributed by atoms with Crippen molar-refractivity contribution >= 4 is 5.78 Å². The molecule has 0 unspecified atom stereocenters. The fourth-order valence-electron chi connectivity index (χ4n) is 2.24. The van der Waals surface area contributed by atoms with Crippen LogP contribution < -0.4 is 0 Å². The molecule has 0 atom stereocenters. The van der Waals surface area contributed by atoms with Gasteiger partial charge in [0.05, 0.1) is 11.9 Å². The maximum atomic E-state index is 11.2. The molecular formula is C12H17N3O. The van der Waals surface area contributed by atoms with Crippen molar-refractivity contribution in [2.75, 3.05) is 0 Å². The molecule has 0 bridgehead atoms. The molecule has 1 aliphatic carbocycles. The Labute approximate surface area is 95.5 Å². The summed E-state index contributed by atoms with van der Waals surface area (Å²) in [5.41, 5.74) is 0.946. The molecule has 4 heteroatoms. The molecule has 0 radical (unpaired) electrons. The van der Waals surface area contributed by atoms with Crippen molar-refractivity contribution in [1.82, 2.24) is 15.2 Å². The van der Waals surface area contributed by atoms with Gasteiger partial charge in [0.15, 0.2) is 5.78 Å². The van der Waals surface area contributed by atoms with E-state index >= 15 is 0 Å². The highest BCUT2D eigenvalue weighted by molar-refractivity contribution is 5.89. The van der Waals surface area contributed by atoms with Gasteiger partial charge in [-0.1, -0.05) is 25.7 Å². The third kappa shape index (κ3) is 2.62. The van der Waals surface area contributed by atoms with Crippen LogP contribution >= 0.6 is 0 Å². The Morgan fingerprint density at radius 3 is 2.56 bits per heavy atom. The van der Waals surface area contributed by atoms with Crippen molar-refractivity contribution in [3.05, 3.63) is 17.7 Å². The zero-order valence-corrected chi connectivity index (χ0v) is 9.65. The van der Waals surface area contributed by atoms with Gasteiger partial charge in [-0.05, 0) is 12.8 Å². The number of hydrogen-bond donors (Lipinski definition) is 0. The Morgan fingerprint density at radius 1 is 1.25 bits per heavy atom. The monoisotopic (exact) mass is 219 g/mol. The molecule has 0 saturated heterocycles. The number of carbonyl (C=O) groups excluding carboxylic acids is 1. The highest BCUT2D eigenvalue weighted by Crippen LogP contribution is 2.29. The molecule has 1 fully saturated rings. The summed E-state index contributed by atoms with van der Waals surface area (Å²) in [5, 5.41) is 7.62. The van der Waals surface area contributed by atoms with Crippen LogP contribution in [0.4, 0.5) is 0 Å². The SMILES string of the molecule is CC(=O)c1nncc(C2CCCCCC2)n1. The number of carbonyl (C=O) groups is 1. The van der Waals surface area contributed by atoms with E-state index in [0.29, 0.717) is 5.92 Å². The molecule has 0 aliphatic heterocycles. The summed E-state index contributed by atoms with van der Waals surface area (Å²) < 4.78 is 0. The van der Waals surface area contributed by atoms with Crippen LogP contribution in [0.25, 0.3) is 0 Å². The Bertz CT molecular complexity index is 370. The van der Waals surface area contributed by atoms with E-state index in [-0.39, 0.29) is 11.6 Å². The van der Waals surface area contributed by atoms with Crippen molar-refractivity contribution in [2.24, 2.45) is 0 Å². The second-order valence-corrected chi connectivity index (χ2v) is 4.45. The lowest BCUT2D eigenvalue weighted by Crippen LogP contribution is -2.09. The topological polar surface area (TPSA) is 55.7 Å².